The van der Waals surface area contributed by atoms with Gasteiger partial charge in [-0.05, 0) is 18.6 Å². The first-order valence-electron chi connectivity index (χ1n) is 6.48. The van der Waals surface area contributed by atoms with Gasteiger partial charge in [0.1, 0.15) is 5.75 Å². The van der Waals surface area contributed by atoms with Crippen LogP contribution in [0.2, 0.25) is 0 Å². The Morgan fingerprint density at radius 2 is 2.16 bits per heavy atom. The van der Waals surface area contributed by atoms with Crippen molar-refractivity contribution in [1.82, 2.24) is 5.32 Å². The predicted molar refractivity (Wildman–Crippen MR) is 75.5 cm³/mol. The standard InChI is InChI=1S/C14H22N2O3/c1-3-4-8-19-9-7-16-14(17)12-6-5-11(15)10-13(12)18-2/h5-6,10H,3-4,7-9,15H2,1-2H3,(H,16,17). The van der Waals surface area contributed by atoms with Crippen molar-refractivity contribution in [2.75, 3.05) is 32.6 Å². The van der Waals surface area contributed by atoms with Gasteiger partial charge in [-0.15, -0.1) is 0 Å². The van der Waals surface area contributed by atoms with Gasteiger partial charge in [0.15, 0.2) is 0 Å². The molecule has 1 aromatic carbocycles. The minimum absolute atomic E-state index is 0.184. The van der Waals surface area contributed by atoms with E-state index in [1.54, 1.807) is 18.2 Å². The van der Waals surface area contributed by atoms with Crippen LogP contribution in [0.4, 0.5) is 5.69 Å². The van der Waals surface area contributed by atoms with Crippen LogP contribution < -0.4 is 15.8 Å². The van der Waals surface area contributed by atoms with Crippen molar-refractivity contribution in [2.24, 2.45) is 0 Å². The molecule has 0 unspecified atom stereocenters. The molecule has 0 saturated carbocycles. The highest BCUT2D eigenvalue weighted by Gasteiger charge is 2.11. The SMILES string of the molecule is CCCCOCCNC(=O)c1ccc(N)cc1OC. The minimum Gasteiger partial charge on any atom is -0.496 e. The molecule has 0 saturated heterocycles. The van der Waals surface area contributed by atoms with Crippen LogP contribution >= 0.6 is 0 Å². The lowest BCUT2D eigenvalue weighted by Gasteiger charge is -2.10. The van der Waals surface area contributed by atoms with E-state index in [1.807, 2.05) is 0 Å². The fourth-order valence-electron chi connectivity index (χ4n) is 1.58. The van der Waals surface area contributed by atoms with Crippen LogP contribution in [0.5, 0.6) is 5.75 Å². The molecule has 19 heavy (non-hydrogen) atoms. The average molecular weight is 266 g/mol. The first-order valence-corrected chi connectivity index (χ1v) is 6.48. The summed E-state index contributed by atoms with van der Waals surface area (Å²) in [6.07, 6.45) is 2.15. The first kappa shape index (κ1) is 15.3. The number of anilines is 1. The Morgan fingerprint density at radius 1 is 1.37 bits per heavy atom. The van der Waals surface area contributed by atoms with Gasteiger partial charge in [0.2, 0.25) is 0 Å². The van der Waals surface area contributed by atoms with Crippen molar-refractivity contribution in [3.63, 3.8) is 0 Å². The number of amides is 1. The van der Waals surface area contributed by atoms with E-state index < -0.39 is 0 Å². The third-order valence-corrected chi connectivity index (χ3v) is 2.64. The fourth-order valence-corrected chi connectivity index (χ4v) is 1.58. The fraction of sp³-hybridized carbons (Fsp3) is 0.500. The van der Waals surface area contributed by atoms with Crippen LogP contribution in [0.3, 0.4) is 0 Å². The molecule has 0 bridgehead atoms. The van der Waals surface area contributed by atoms with Crippen LogP contribution in [0.25, 0.3) is 0 Å². The van der Waals surface area contributed by atoms with E-state index >= 15 is 0 Å². The zero-order chi connectivity index (χ0) is 14.1. The summed E-state index contributed by atoms with van der Waals surface area (Å²) in [5.41, 5.74) is 6.68. The second-order valence-corrected chi connectivity index (χ2v) is 4.18. The number of ether oxygens (including phenoxy) is 2. The zero-order valence-electron chi connectivity index (χ0n) is 11.6. The predicted octanol–water partition coefficient (Wildman–Crippen LogP) is 1.82. The van der Waals surface area contributed by atoms with Crippen molar-refractivity contribution in [3.8, 4) is 5.75 Å². The van der Waals surface area contributed by atoms with E-state index in [0.717, 1.165) is 19.4 Å². The van der Waals surface area contributed by atoms with E-state index in [2.05, 4.69) is 12.2 Å². The number of nitrogen functional groups attached to an aromatic ring is 1. The van der Waals surface area contributed by atoms with Gasteiger partial charge in [0, 0.05) is 24.9 Å². The van der Waals surface area contributed by atoms with Crippen LogP contribution in [0.1, 0.15) is 30.1 Å². The normalized spacial score (nSPS) is 10.2. The molecule has 0 atom stereocenters. The number of benzene rings is 1. The minimum atomic E-state index is -0.184. The third-order valence-electron chi connectivity index (χ3n) is 2.64. The lowest BCUT2D eigenvalue weighted by atomic mass is 10.1. The van der Waals surface area contributed by atoms with E-state index in [0.29, 0.717) is 30.2 Å². The summed E-state index contributed by atoms with van der Waals surface area (Å²) >= 11 is 0. The Balaban J connectivity index is 2.41. The Labute approximate surface area is 114 Å². The molecular formula is C14H22N2O3. The maximum absolute atomic E-state index is 11.9. The molecule has 5 heteroatoms. The molecule has 3 N–H and O–H groups in total. The van der Waals surface area contributed by atoms with Gasteiger partial charge >= 0.3 is 0 Å². The molecular weight excluding hydrogens is 244 g/mol. The van der Waals surface area contributed by atoms with Gasteiger partial charge in [-0.25, -0.2) is 0 Å². The highest BCUT2D eigenvalue weighted by Crippen LogP contribution is 2.21. The van der Waals surface area contributed by atoms with Crippen LogP contribution in [0, 0.1) is 0 Å². The van der Waals surface area contributed by atoms with E-state index in [-0.39, 0.29) is 5.91 Å². The number of carbonyl (C=O) groups is 1. The highest BCUT2D eigenvalue weighted by atomic mass is 16.5. The molecule has 1 rings (SSSR count). The topological polar surface area (TPSA) is 73.6 Å². The van der Waals surface area contributed by atoms with Crippen molar-refractivity contribution in [1.29, 1.82) is 0 Å². The summed E-state index contributed by atoms with van der Waals surface area (Å²) in [5.74, 6) is 0.292. The van der Waals surface area contributed by atoms with Crippen LogP contribution in [0.15, 0.2) is 18.2 Å². The molecule has 106 valence electrons. The van der Waals surface area contributed by atoms with Crippen molar-refractivity contribution >= 4 is 11.6 Å². The third kappa shape index (κ3) is 5.18. The number of hydrogen-bond donors (Lipinski definition) is 2. The van der Waals surface area contributed by atoms with Gasteiger partial charge in [0.25, 0.3) is 5.91 Å². The highest BCUT2D eigenvalue weighted by molar-refractivity contribution is 5.97. The summed E-state index contributed by atoms with van der Waals surface area (Å²) in [5, 5.41) is 2.79. The van der Waals surface area contributed by atoms with E-state index in [1.165, 1.54) is 7.11 Å². The Hall–Kier alpha value is -1.75. The smallest absolute Gasteiger partial charge is 0.255 e. The lowest BCUT2D eigenvalue weighted by Crippen LogP contribution is -2.27. The first-order chi connectivity index (χ1) is 9.19. The number of carbonyl (C=O) groups excluding carboxylic acids is 1. The second kappa shape index (κ2) is 8.37. The summed E-state index contributed by atoms with van der Waals surface area (Å²) in [6, 6.07) is 4.96. The Morgan fingerprint density at radius 3 is 2.84 bits per heavy atom. The number of nitrogens with two attached hydrogens (primary N) is 1. The van der Waals surface area contributed by atoms with Crippen molar-refractivity contribution in [3.05, 3.63) is 23.8 Å². The number of methoxy groups -OCH3 is 1. The quantitative estimate of drug-likeness (QED) is 0.556. The molecule has 0 fully saturated rings. The molecule has 0 aliphatic heterocycles. The molecule has 0 radical (unpaired) electrons. The zero-order valence-corrected chi connectivity index (χ0v) is 11.6. The number of hydrogen-bond acceptors (Lipinski definition) is 4. The molecule has 0 aliphatic rings. The monoisotopic (exact) mass is 266 g/mol. The summed E-state index contributed by atoms with van der Waals surface area (Å²) in [4.78, 5) is 11.9. The van der Waals surface area contributed by atoms with Gasteiger partial charge in [-0.1, -0.05) is 13.3 Å². The van der Waals surface area contributed by atoms with E-state index in [9.17, 15) is 4.79 Å². The Bertz CT molecular complexity index is 408. The van der Waals surface area contributed by atoms with E-state index in [4.69, 9.17) is 15.2 Å². The molecule has 0 aliphatic carbocycles. The maximum atomic E-state index is 11.9. The molecule has 0 heterocycles. The molecule has 1 aromatic rings. The maximum Gasteiger partial charge on any atom is 0.255 e. The van der Waals surface area contributed by atoms with Gasteiger partial charge in [-0.2, -0.15) is 0 Å². The largest absolute Gasteiger partial charge is 0.496 e. The number of nitrogens with one attached hydrogen (secondary N) is 1. The van der Waals surface area contributed by atoms with Crippen LogP contribution in [-0.2, 0) is 4.74 Å². The van der Waals surface area contributed by atoms with Gasteiger partial charge in [0.05, 0.1) is 19.3 Å². The van der Waals surface area contributed by atoms with Crippen molar-refractivity contribution < 1.29 is 14.3 Å². The Kier molecular flexibility index (Phi) is 6.74. The average Bonchev–Trinajstić information content (AvgIpc) is 2.42. The molecule has 0 aromatic heterocycles. The number of rotatable bonds is 8. The van der Waals surface area contributed by atoms with Crippen molar-refractivity contribution in [2.45, 2.75) is 19.8 Å². The number of unbranched alkanes of at least 4 members (excludes halogenated alkanes) is 1. The van der Waals surface area contributed by atoms with Gasteiger partial charge < -0.3 is 20.5 Å². The summed E-state index contributed by atoms with van der Waals surface area (Å²) < 4.78 is 10.5. The lowest BCUT2D eigenvalue weighted by molar-refractivity contribution is 0.0910. The summed E-state index contributed by atoms with van der Waals surface area (Å²) in [7, 11) is 1.51. The molecule has 0 spiro atoms. The second-order valence-electron chi connectivity index (χ2n) is 4.18. The summed E-state index contributed by atoms with van der Waals surface area (Å²) in [6.45, 7) is 3.84. The van der Waals surface area contributed by atoms with Gasteiger partial charge in [-0.3, -0.25) is 4.79 Å². The molecule has 5 nitrogen and oxygen atoms in total. The molecule has 1 amide bonds. The van der Waals surface area contributed by atoms with Crippen LogP contribution in [-0.4, -0.2) is 32.8 Å².